The van der Waals surface area contributed by atoms with Crippen molar-refractivity contribution in [2.24, 2.45) is 11.8 Å². The molecule has 3 heteroatoms. The van der Waals surface area contributed by atoms with E-state index in [4.69, 9.17) is 0 Å². The number of hydrogen-bond donors (Lipinski definition) is 1. The average Bonchev–Trinajstić information content (AvgIpc) is 2.26. The van der Waals surface area contributed by atoms with Crippen LogP contribution in [0.5, 0.6) is 0 Å². The zero-order valence-electron chi connectivity index (χ0n) is 13.2. The third-order valence-electron chi connectivity index (χ3n) is 4.69. The highest BCUT2D eigenvalue weighted by Crippen LogP contribution is 2.32. The third-order valence-corrected chi connectivity index (χ3v) is 4.69. The summed E-state index contributed by atoms with van der Waals surface area (Å²) < 4.78 is 0. The maximum absolute atomic E-state index is 9.90. The van der Waals surface area contributed by atoms with E-state index in [-0.39, 0.29) is 0 Å². The fourth-order valence-corrected chi connectivity index (χ4v) is 4.04. The molecular weight excluding hydrogens is 236 g/mol. The van der Waals surface area contributed by atoms with Crippen molar-refractivity contribution in [3.8, 4) is 0 Å². The molecule has 1 heterocycles. The summed E-state index contributed by atoms with van der Waals surface area (Å²) in [5, 5.41) is 9.90. The summed E-state index contributed by atoms with van der Waals surface area (Å²) >= 11 is 0. The lowest BCUT2D eigenvalue weighted by Crippen LogP contribution is -2.54. The summed E-state index contributed by atoms with van der Waals surface area (Å²) in [6, 6.07) is 0.808. The first kappa shape index (κ1) is 15.3. The van der Waals surface area contributed by atoms with Crippen molar-refractivity contribution in [2.75, 3.05) is 32.7 Å². The van der Waals surface area contributed by atoms with E-state index in [2.05, 4.69) is 23.6 Å². The number of piperazine rings is 1. The molecule has 0 bridgehead atoms. The lowest BCUT2D eigenvalue weighted by molar-refractivity contribution is 0.00261. The van der Waals surface area contributed by atoms with Crippen LogP contribution in [0.15, 0.2) is 0 Å². The maximum atomic E-state index is 9.90. The van der Waals surface area contributed by atoms with Gasteiger partial charge in [-0.15, -0.1) is 0 Å². The number of hydrogen-bond acceptors (Lipinski definition) is 3. The minimum Gasteiger partial charge on any atom is -0.389 e. The largest absolute Gasteiger partial charge is 0.389 e. The monoisotopic (exact) mass is 268 g/mol. The molecule has 0 spiro atoms. The fraction of sp³-hybridized carbons (Fsp3) is 1.00. The maximum Gasteiger partial charge on any atom is 0.0718 e. The first-order valence-electron chi connectivity index (χ1n) is 8.02. The second-order valence-corrected chi connectivity index (χ2v) is 7.70. The van der Waals surface area contributed by atoms with Crippen molar-refractivity contribution in [1.29, 1.82) is 0 Å². The molecule has 112 valence electrons. The SMILES string of the molecule is CC1CC(C)CC(N2CCN(CC(C)(C)O)CC2)C1. The molecule has 0 amide bonds. The fourth-order valence-electron chi connectivity index (χ4n) is 4.04. The Hall–Kier alpha value is -0.120. The lowest BCUT2D eigenvalue weighted by atomic mass is 9.79. The van der Waals surface area contributed by atoms with Gasteiger partial charge in [-0.25, -0.2) is 0 Å². The van der Waals surface area contributed by atoms with Gasteiger partial charge in [0.15, 0.2) is 0 Å². The van der Waals surface area contributed by atoms with Crippen molar-refractivity contribution in [1.82, 2.24) is 9.80 Å². The summed E-state index contributed by atoms with van der Waals surface area (Å²) in [4.78, 5) is 5.11. The molecule has 0 aromatic rings. The summed E-state index contributed by atoms with van der Waals surface area (Å²) in [5.74, 6) is 1.78. The van der Waals surface area contributed by atoms with Crippen LogP contribution in [-0.2, 0) is 0 Å². The zero-order chi connectivity index (χ0) is 14.0. The van der Waals surface area contributed by atoms with E-state index in [0.29, 0.717) is 0 Å². The second-order valence-electron chi connectivity index (χ2n) is 7.70. The average molecular weight is 268 g/mol. The topological polar surface area (TPSA) is 26.7 Å². The molecule has 0 aromatic carbocycles. The number of nitrogens with zero attached hydrogens (tertiary/aromatic N) is 2. The van der Waals surface area contributed by atoms with Crippen LogP contribution in [0, 0.1) is 11.8 Å². The predicted molar refractivity (Wildman–Crippen MR) is 80.3 cm³/mol. The van der Waals surface area contributed by atoms with E-state index in [1.807, 2.05) is 13.8 Å². The highest BCUT2D eigenvalue weighted by atomic mass is 16.3. The highest BCUT2D eigenvalue weighted by molar-refractivity contribution is 4.86. The van der Waals surface area contributed by atoms with Gasteiger partial charge < -0.3 is 5.11 Å². The molecule has 2 unspecified atom stereocenters. The molecule has 0 aromatic heterocycles. The van der Waals surface area contributed by atoms with Gasteiger partial charge in [0.05, 0.1) is 5.60 Å². The Morgan fingerprint density at radius 3 is 1.95 bits per heavy atom. The van der Waals surface area contributed by atoms with Crippen LogP contribution in [0.2, 0.25) is 0 Å². The number of β-amino-alcohol motifs (C(OH)–C–C–N with tert-alkyl or cyclic N) is 1. The molecule has 1 saturated carbocycles. The quantitative estimate of drug-likeness (QED) is 0.850. The van der Waals surface area contributed by atoms with Crippen LogP contribution in [0.4, 0.5) is 0 Å². The van der Waals surface area contributed by atoms with Crippen molar-refractivity contribution < 1.29 is 5.11 Å². The Morgan fingerprint density at radius 1 is 0.947 bits per heavy atom. The van der Waals surface area contributed by atoms with Gasteiger partial charge in [-0.3, -0.25) is 9.80 Å². The Bertz CT molecular complexity index is 269. The molecular formula is C16H32N2O. The number of rotatable bonds is 3. The predicted octanol–water partition coefficient (Wildman–Crippen LogP) is 2.20. The van der Waals surface area contributed by atoms with Gasteiger partial charge in [0.1, 0.15) is 0 Å². The molecule has 2 rings (SSSR count). The molecule has 1 N–H and O–H groups in total. The van der Waals surface area contributed by atoms with Crippen LogP contribution in [0.25, 0.3) is 0 Å². The van der Waals surface area contributed by atoms with Crippen LogP contribution in [0.1, 0.15) is 47.0 Å². The molecule has 1 saturated heterocycles. The van der Waals surface area contributed by atoms with E-state index in [1.54, 1.807) is 0 Å². The molecule has 0 radical (unpaired) electrons. The smallest absolute Gasteiger partial charge is 0.0718 e. The first-order chi connectivity index (χ1) is 8.83. The van der Waals surface area contributed by atoms with Crippen molar-refractivity contribution in [2.45, 2.75) is 58.6 Å². The molecule has 2 fully saturated rings. The Morgan fingerprint density at radius 2 is 1.47 bits per heavy atom. The van der Waals surface area contributed by atoms with Gasteiger partial charge in [0.2, 0.25) is 0 Å². The van der Waals surface area contributed by atoms with Crippen LogP contribution >= 0.6 is 0 Å². The minimum atomic E-state index is -0.559. The van der Waals surface area contributed by atoms with E-state index in [1.165, 1.54) is 32.4 Å². The van der Waals surface area contributed by atoms with Gasteiger partial charge in [0.25, 0.3) is 0 Å². The molecule has 2 aliphatic rings. The Kier molecular flexibility index (Phi) is 4.91. The van der Waals surface area contributed by atoms with E-state index in [9.17, 15) is 5.11 Å². The third kappa shape index (κ3) is 4.73. The molecule has 3 nitrogen and oxygen atoms in total. The van der Waals surface area contributed by atoms with E-state index < -0.39 is 5.60 Å². The summed E-state index contributed by atoms with van der Waals surface area (Å²) in [6.07, 6.45) is 4.18. The van der Waals surface area contributed by atoms with Crippen molar-refractivity contribution in [3.63, 3.8) is 0 Å². The normalized spacial score (nSPS) is 35.5. The summed E-state index contributed by atoms with van der Waals surface area (Å²) in [6.45, 7) is 14.0. The van der Waals surface area contributed by atoms with Gasteiger partial charge in [0, 0.05) is 38.8 Å². The highest BCUT2D eigenvalue weighted by Gasteiger charge is 2.31. The Balaban J connectivity index is 1.79. The molecule has 1 aliphatic carbocycles. The van der Waals surface area contributed by atoms with Crippen LogP contribution in [0.3, 0.4) is 0 Å². The first-order valence-corrected chi connectivity index (χ1v) is 8.02. The van der Waals surface area contributed by atoms with Crippen LogP contribution in [-0.4, -0.2) is 59.3 Å². The molecule has 2 atom stereocenters. The van der Waals surface area contributed by atoms with Gasteiger partial charge >= 0.3 is 0 Å². The van der Waals surface area contributed by atoms with Gasteiger partial charge in [-0.1, -0.05) is 13.8 Å². The zero-order valence-corrected chi connectivity index (χ0v) is 13.2. The van der Waals surface area contributed by atoms with Crippen LogP contribution < -0.4 is 0 Å². The minimum absolute atomic E-state index is 0.559. The number of aliphatic hydroxyl groups is 1. The Labute approximate surface area is 119 Å². The van der Waals surface area contributed by atoms with Gasteiger partial charge in [-0.2, -0.15) is 0 Å². The molecule has 1 aliphatic heterocycles. The second kappa shape index (κ2) is 6.11. The standard InChI is InChI=1S/C16H32N2O/c1-13-9-14(2)11-15(10-13)18-7-5-17(6-8-18)12-16(3,4)19/h13-15,19H,5-12H2,1-4H3. The summed E-state index contributed by atoms with van der Waals surface area (Å²) in [7, 11) is 0. The van der Waals surface area contributed by atoms with Crippen molar-refractivity contribution in [3.05, 3.63) is 0 Å². The summed E-state index contributed by atoms with van der Waals surface area (Å²) in [5.41, 5.74) is -0.559. The van der Waals surface area contributed by atoms with E-state index >= 15 is 0 Å². The molecule has 19 heavy (non-hydrogen) atoms. The van der Waals surface area contributed by atoms with Gasteiger partial charge in [-0.05, 0) is 44.9 Å². The van der Waals surface area contributed by atoms with Crippen molar-refractivity contribution >= 4 is 0 Å². The van der Waals surface area contributed by atoms with E-state index in [0.717, 1.165) is 37.5 Å². The lowest BCUT2D eigenvalue weighted by Gasteiger charge is -2.44.